The van der Waals surface area contributed by atoms with E-state index in [0.717, 1.165) is 4.31 Å². The Morgan fingerprint density at radius 2 is 2.10 bits per heavy atom. The molecular weight excluding hydrogens is 306 g/mol. The van der Waals surface area contributed by atoms with Crippen LogP contribution in [-0.4, -0.2) is 44.0 Å². The van der Waals surface area contributed by atoms with E-state index in [-0.39, 0.29) is 22.2 Å². The molecule has 0 spiro atoms. The van der Waals surface area contributed by atoms with Gasteiger partial charge in [0.2, 0.25) is 10.0 Å². The van der Waals surface area contributed by atoms with Gasteiger partial charge in [0.1, 0.15) is 12.3 Å². The summed E-state index contributed by atoms with van der Waals surface area (Å²) in [5.74, 6) is -0.984. The van der Waals surface area contributed by atoms with E-state index in [1.807, 2.05) is 0 Å². The first-order valence-corrected chi connectivity index (χ1v) is 7.70. The maximum absolute atomic E-state index is 12.4. The third-order valence-corrected chi connectivity index (χ3v) is 4.70. The van der Waals surface area contributed by atoms with E-state index in [0.29, 0.717) is 6.42 Å². The highest BCUT2D eigenvalue weighted by molar-refractivity contribution is 7.89. The first-order valence-electron chi connectivity index (χ1n) is 5.88. The zero-order valence-corrected chi connectivity index (χ0v) is 12.7. The summed E-state index contributed by atoms with van der Waals surface area (Å²) in [6.45, 7) is 1.31. The fraction of sp³-hybridized carbons (Fsp3) is 0.417. The van der Waals surface area contributed by atoms with Crippen LogP contribution in [0.1, 0.15) is 13.3 Å². The van der Waals surface area contributed by atoms with Crippen molar-refractivity contribution in [3.05, 3.63) is 23.2 Å². The van der Waals surface area contributed by atoms with Crippen molar-refractivity contribution < 1.29 is 23.1 Å². The number of ether oxygens (including phenoxy) is 1. The number of carboxylic acid groups (broad SMARTS) is 1. The van der Waals surface area contributed by atoms with Gasteiger partial charge in [0, 0.05) is 12.6 Å². The molecule has 0 aliphatic heterocycles. The van der Waals surface area contributed by atoms with Crippen molar-refractivity contribution in [1.82, 2.24) is 4.31 Å². The Morgan fingerprint density at radius 3 is 2.60 bits per heavy atom. The molecule has 0 heterocycles. The first-order chi connectivity index (χ1) is 9.32. The number of aliphatic carboxylic acids is 1. The van der Waals surface area contributed by atoms with Crippen LogP contribution in [-0.2, 0) is 14.8 Å². The smallest absolute Gasteiger partial charge is 0.318 e. The lowest BCUT2D eigenvalue weighted by Gasteiger charge is -2.20. The minimum absolute atomic E-state index is 0.0477. The monoisotopic (exact) mass is 321 g/mol. The van der Waals surface area contributed by atoms with Crippen molar-refractivity contribution >= 4 is 27.6 Å². The summed E-state index contributed by atoms with van der Waals surface area (Å²) in [6.07, 6.45) is 0.511. The van der Waals surface area contributed by atoms with Crippen molar-refractivity contribution in [2.75, 3.05) is 20.2 Å². The average molecular weight is 322 g/mol. The number of carbonyl (C=O) groups is 1. The second-order valence-electron chi connectivity index (χ2n) is 4.03. The largest absolute Gasteiger partial charge is 0.495 e. The number of hydrogen-bond donors (Lipinski definition) is 1. The van der Waals surface area contributed by atoms with E-state index in [4.69, 9.17) is 21.4 Å². The summed E-state index contributed by atoms with van der Waals surface area (Å²) in [7, 11) is -2.52. The summed E-state index contributed by atoms with van der Waals surface area (Å²) in [5, 5.41) is 9.10. The molecule has 0 saturated heterocycles. The molecule has 112 valence electrons. The second kappa shape index (κ2) is 6.92. The van der Waals surface area contributed by atoms with Gasteiger partial charge in [-0.25, -0.2) is 8.42 Å². The van der Waals surface area contributed by atoms with Gasteiger partial charge in [-0.05, 0) is 18.6 Å². The number of benzene rings is 1. The Labute approximate surface area is 123 Å². The van der Waals surface area contributed by atoms with Gasteiger partial charge in [-0.15, -0.1) is 0 Å². The van der Waals surface area contributed by atoms with E-state index in [9.17, 15) is 13.2 Å². The summed E-state index contributed by atoms with van der Waals surface area (Å²) in [6, 6.07) is 4.00. The van der Waals surface area contributed by atoms with Gasteiger partial charge < -0.3 is 9.84 Å². The Hall–Kier alpha value is -1.31. The molecule has 1 aromatic rings. The van der Waals surface area contributed by atoms with E-state index in [2.05, 4.69) is 0 Å². The van der Waals surface area contributed by atoms with Crippen LogP contribution in [0, 0.1) is 0 Å². The molecule has 0 unspecified atom stereocenters. The number of rotatable bonds is 7. The van der Waals surface area contributed by atoms with Crippen LogP contribution in [0.25, 0.3) is 0 Å². The molecule has 8 heteroatoms. The van der Waals surface area contributed by atoms with Crippen molar-refractivity contribution in [3.63, 3.8) is 0 Å². The molecule has 0 fully saturated rings. The van der Waals surface area contributed by atoms with E-state index in [1.165, 1.54) is 25.3 Å². The zero-order chi connectivity index (χ0) is 15.3. The molecule has 0 amide bonds. The number of hydrogen-bond acceptors (Lipinski definition) is 4. The van der Waals surface area contributed by atoms with Crippen LogP contribution in [0.15, 0.2) is 23.1 Å². The minimum atomic E-state index is -3.89. The van der Waals surface area contributed by atoms with Gasteiger partial charge >= 0.3 is 5.97 Å². The lowest BCUT2D eigenvalue weighted by Crippen LogP contribution is -2.36. The van der Waals surface area contributed by atoms with Gasteiger partial charge in [0.15, 0.2) is 0 Å². The molecule has 6 nitrogen and oxygen atoms in total. The van der Waals surface area contributed by atoms with Gasteiger partial charge in [-0.1, -0.05) is 18.5 Å². The van der Waals surface area contributed by atoms with E-state index < -0.39 is 22.5 Å². The van der Waals surface area contributed by atoms with Crippen LogP contribution >= 0.6 is 11.6 Å². The summed E-state index contributed by atoms with van der Waals surface area (Å²) < 4.78 is 30.7. The van der Waals surface area contributed by atoms with Gasteiger partial charge in [0.25, 0.3) is 0 Å². The zero-order valence-electron chi connectivity index (χ0n) is 11.2. The standard InChI is InChI=1S/C12H16ClNO5S/c1-3-6-14(8-12(15)16)20(17,18)9-4-5-10(13)11(7-9)19-2/h4-5,7H,3,6,8H2,1-2H3,(H,15,16). The highest BCUT2D eigenvalue weighted by Crippen LogP contribution is 2.28. The van der Waals surface area contributed by atoms with E-state index >= 15 is 0 Å². The maximum Gasteiger partial charge on any atom is 0.318 e. The molecule has 1 aromatic carbocycles. The molecule has 20 heavy (non-hydrogen) atoms. The fourth-order valence-electron chi connectivity index (χ4n) is 1.63. The predicted octanol–water partition coefficient (Wildman–Crippen LogP) is 1.83. The normalized spacial score (nSPS) is 11.6. The van der Waals surface area contributed by atoms with Crippen LogP contribution in [0.2, 0.25) is 5.02 Å². The number of carboxylic acids is 1. The van der Waals surface area contributed by atoms with Crippen LogP contribution in [0.5, 0.6) is 5.75 Å². The Balaban J connectivity index is 3.21. The van der Waals surface area contributed by atoms with Crippen molar-refractivity contribution in [2.24, 2.45) is 0 Å². The SMILES string of the molecule is CCCN(CC(=O)O)S(=O)(=O)c1ccc(Cl)c(OC)c1. The molecular formula is C12H16ClNO5S. The highest BCUT2D eigenvalue weighted by Gasteiger charge is 2.26. The van der Waals surface area contributed by atoms with Gasteiger partial charge in [-0.3, -0.25) is 4.79 Å². The Kier molecular flexibility index (Phi) is 5.79. The first kappa shape index (κ1) is 16.7. The molecule has 1 N–H and O–H groups in total. The van der Waals surface area contributed by atoms with Crippen molar-refractivity contribution in [1.29, 1.82) is 0 Å². The molecule has 0 aliphatic rings. The molecule has 1 rings (SSSR count). The summed E-state index contributed by atoms with van der Waals surface area (Å²) >= 11 is 5.84. The molecule has 0 aromatic heterocycles. The topological polar surface area (TPSA) is 83.9 Å². The van der Waals surface area contributed by atoms with Crippen molar-refractivity contribution in [3.8, 4) is 5.75 Å². The third kappa shape index (κ3) is 3.84. The number of halogens is 1. The summed E-state index contributed by atoms with van der Waals surface area (Å²) in [4.78, 5) is 10.7. The van der Waals surface area contributed by atoms with Crippen molar-refractivity contribution in [2.45, 2.75) is 18.2 Å². The number of methoxy groups -OCH3 is 1. The molecule has 0 radical (unpaired) electrons. The molecule has 0 aliphatic carbocycles. The lowest BCUT2D eigenvalue weighted by molar-refractivity contribution is -0.137. The van der Waals surface area contributed by atoms with Crippen LogP contribution in [0.3, 0.4) is 0 Å². The third-order valence-electron chi connectivity index (χ3n) is 2.54. The molecule has 0 bridgehead atoms. The average Bonchev–Trinajstić information content (AvgIpc) is 2.38. The summed E-state index contributed by atoms with van der Waals surface area (Å²) in [5.41, 5.74) is 0. The quantitative estimate of drug-likeness (QED) is 0.828. The Bertz CT molecular complexity index is 588. The molecule has 0 saturated carbocycles. The fourth-order valence-corrected chi connectivity index (χ4v) is 3.33. The highest BCUT2D eigenvalue weighted by atomic mass is 35.5. The van der Waals surface area contributed by atoms with Crippen LogP contribution in [0.4, 0.5) is 0 Å². The molecule has 0 atom stereocenters. The second-order valence-corrected chi connectivity index (χ2v) is 6.37. The Morgan fingerprint density at radius 1 is 1.45 bits per heavy atom. The lowest BCUT2D eigenvalue weighted by atomic mass is 10.3. The van der Waals surface area contributed by atoms with Gasteiger partial charge in [0.05, 0.1) is 17.0 Å². The number of sulfonamides is 1. The maximum atomic E-state index is 12.4. The number of nitrogens with zero attached hydrogens (tertiary/aromatic N) is 1. The van der Waals surface area contributed by atoms with Crippen LogP contribution < -0.4 is 4.74 Å². The van der Waals surface area contributed by atoms with E-state index in [1.54, 1.807) is 6.92 Å². The minimum Gasteiger partial charge on any atom is -0.495 e. The predicted molar refractivity (Wildman–Crippen MR) is 74.7 cm³/mol. The van der Waals surface area contributed by atoms with Gasteiger partial charge in [-0.2, -0.15) is 4.31 Å².